The molecule has 0 bridgehead atoms. The lowest BCUT2D eigenvalue weighted by molar-refractivity contribution is 0.0606. The van der Waals surface area contributed by atoms with E-state index in [-0.39, 0.29) is 0 Å². The maximum atomic E-state index is 3.72. The molecule has 0 amide bonds. The molecule has 1 saturated heterocycles. The molecule has 1 aliphatic heterocycles. The summed E-state index contributed by atoms with van der Waals surface area (Å²) in [7, 11) is 0. The van der Waals surface area contributed by atoms with Gasteiger partial charge < -0.3 is 10.2 Å². The minimum Gasteiger partial charge on any atom is -0.316 e. The molecule has 0 unspecified atom stereocenters. The summed E-state index contributed by atoms with van der Waals surface area (Å²) >= 11 is 0. The van der Waals surface area contributed by atoms with Crippen molar-refractivity contribution in [3.8, 4) is 0 Å². The van der Waals surface area contributed by atoms with Crippen molar-refractivity contribution in [2.75, 3.05) is 32.7 Å². The van der Waals surface area contributed by atoms with Gasteiger partial charge in [-0.2, -0.15) is 0 Å². The van der Waals surface area contributed by atoms with E-state index < -0.39 is 0 Å². The van der Waals surface area contributed by atoms with E-state index in [0.29, 0.717) is 10.8 Å². The van der Waals surface area contributed by atoms with Crippen molar-refractivity contribution < 1.29 is 0 Å². The predicted molar refractivity (Wildman–Crippen MR) is 92.8 cm³/mol. The Morgan fingerprint density at radius 3 is 2.00 bits per heavy atom. The minimum atomic E-state index is 0.591. The molecule has 1 saturated carbocycles. The van der Waals surface area contributed by atoms with Gasteiger partial charge in [-0.05, 0) is 62.6 Å². The van der Waals surface area contributed by atoms with Crippen molar-refractivity contribution in [2.24, 2.45) is 10.8 Å². The molecule has 2 aliphatic rings. The summed E-state index contributed by atoms with van der Waals surface area (Å²) in [5.41, 5.74) is 1.26. The van der Waals surface area contributed by atoms with Crippen molar-refractivity contribution in [1.29, 1.82) is 0 Å². The van der Waals surface area contributed by atoms with Gasteiger partial charge >= 0.3 is 0 Å². The molecule has 0 aromatic rings. The van der Waals surface area contributed by atoms with Crippen LogP contribution in [0.3, 0.4) is 0 Å². The molecule has 21 heavy (non-hydrogen) atoms. The fourth-order valence-corrected chi connectivity index (χ4v) is 4.66. The summed E-state index contributed by atoms with van der Waals surface area (Å²) in [6.07, 6.45) is 12.7. The van der Waals surface area contributed by atoms with Crippen LogP contribution in [-0.2, 0) is 0 Å². The Hall–Kier alpha value is -0.0800. The normalized spacial score (nSPS) is 25.3. The molecule has 1 N–H and O–H groups in total. The molecular weight excluding hydrogens is 256 g/mol. The van der Waals surface area contributed by atoms with E-state index in [0.717, 1.165) is 0 Å². The molecule has 1 heterocycles. The van der Waals surface area contributed by atoms with Crippen molar-refractivity contribution in [3.05, 3.63) is 0 Å². The van der Waals surface area contributed by atoms with Crippen LogP contribution in [0.1, 0.15) is 78.6 Å². The van der Waals surface area contributed by atoms with Crippen LogP contribution < -0.4 is 5.32 Å². The van der Waals surface area contributed by atoms with Crippen LogP contribution in [0.4, 0.5) is 0 Å². The highest BCUT2D eigenvalue weighted by molar-refractivity contribution is 4.92. The fourth-order valence-electron chi connectivity index (χ4n) is 4.66. The second-order valence-corrected chi connectivity index (χ2v) is 7.87. The Kier molecular flexibility index (Phi) is 6.55. The number of nitrogens with zero attached hydrogens (tertiary/aromatic N) is 1. The van der Waals surface area contributed by atoms with Crippen molar-refractivity contribution in [2.45, 2.75) is 78.6 Å². The number of piperidine rings is 1. The molecule has 2 fully saturated rings. The maximum Gasteiger partial charge on any atom is 0.00501 e. The van der Waals surface area contributed by atoms with E-state index in [1.54, 1.807) is 0 Å². The lowest BCUT2D eigenvalue weighted by Crippen LogP contribution is -2.47. The van der Waals surface area contributed by atoms with E-state index >= 15 is 0 Å². The third kappa shape index (κ3) is 4.45. The molecule has 2 rings (SSSR count). The Morgan fingerprint density at radius 2 is 1.48 bits per heavy atom. The van der Waals surface area contributed by atoms with Crippen LogP contribution >= 0.6 is 0 Å². The first kappa shape index (κ1) is 17.3. The number of hydrogen-bond donors (Lipinski definition) is 1. The van der Waals surface area contributed by atoms with Gasteiger partial charge in [0.25, 0.3) is 0 Å². The lowest BCUT2D eigenvalue weighted by atomic mass is 9.73. The summed E-state index contributed by atoms with van der Waals surface area (Å²) in [5.74, 6) is 0. The molecule has 0 radical (unpaired) electrons. The first-order valence-electron chi connectivity index (χ1n) is 9.61. The van der Waals surface area contributed by atoms with Gasteiger partial charge in [0.1, 0.15) is 0 Å². The second-order valence-electron chi connectivity index (χ2n) is 7.87. The molecule has 124 valence electrons. The Balaban J connectivity index is 1.84. The van der Waals surface area contributed by atoms with E-state index in [2.05, 4.69) is 31.0 Å². The highest BCUT2D eigenvalue weighted by Crippen LogP contribution is 2.42. The van der Waals surface area contributed by atoms with E-state index in [4.69, 9.17) is 0 Å². The molecule has 0 atom stereocenters. The molecule has 0 aromatic carbocycles. The third-order valence-electron chi connectivity index (χ3n) is 6.57. The first-order chi connectivity index (χ1) is 10.2. The quantitative estimate of drug-likeness (QED) is 0.665. The lowest BCUT2D eigenvalue weighted by Gasteiger charge is -2.44. The topological polar surface area (TPSA) is 15.3 Å². The Morgan fingerprint density at radius 1 is 0.857 bits per heavy atom. The van der Waals surface area contributed by atoms with Crippen molar-refractivity contribution in [3.63, 3.8) is 0 Å². The third-order valence-corrected chi connectivity index (χ3v) is 6.57. The zero-order chi connectivity index (χ0) is 15.2. The van der Waals surface area contributed by atoms with Crippen LogP contribution in [0, 0.1) is 10.8 Å². The monoisotopic (exact) mass is 294 g/mol. The average molecular weight is 295 g/mol. The SMILES string of the molecule is CCCNCC1(CN2CCC(CC)(CC)CC2)CCCC1. The van der Waals surface area contributed by atoms with Gasteiger partial charge in [0.15, 0.2) is 0 Å². The van der Waals surface area contributed by atoms with Gasteiger partial charge in [0, 0.05) is 13.1 Å². The summed E-state index contributed by atoms with van der Waals surface area (Å²) < 4.78 is 0. The van der Waals surface area contributed by atoms with Crippen LogP contribution in [0.2, 0.25) is 0 Å². The highest BCUT2D eigenvalue weighted by atomic mass is 15.1. The van der Waals surface area contributed by atoms with Gasteiger partial charge in [0.2, 0.25) is 0 Å². The van der Waals surface area contributed by atoms with Crippen LogP contribution in [0.25, 0.3) is 0 Å². The zero-order valence-corrected chi connectivity index (χ0v) is 14.8. The standard InChI is InChI=1S/C19H38N2/c1-4-13-20-16-19(9-7-8-10-19)17-21-14-11-18(5-2,6-3)12-15-21/h20H,4-17H2,1-3H3. The number of hydrogen-bond acceptors (Lipinski definition) is 2. The predicted octanol–water partition coefficient (Wildman–Crippen LogP) is 4.45. The summed E-state index contributed by atoms with van der Waals surface area (Å²) in [4.78, 5) is 2.79. The van der Waals surface area contributed by atoms with Crippen LogP contribution in [0.5, 0.6) is 0 Å². The smallest absolute Gasteiger partial charge is 0.00501 e. The number of rotatable bonds is 8. The maximum absolute atomic E-state index is 3.72. The zero-order valence-electron chi connectivity index (χ0n) is 14.8. The summed E-state index contributed by atoms with van der Waals surface area (Å²) in [5, 5.41) is 3.72. The minimum absolute atomic E-state index is 0.591. The van der Waals surface area contributed by atoms with E-state index in [9.17, 15) is 0 Å². The van der Waals surface area contributed by atoms with Crippen LogP contribution in [-0.4, -0.2) is 37.6 Å². The average Bonchev–Trinajstić information content (AvgIpc) is 2.97. The molecule has 0 spiro atoms. The summed E-state index contributed by atoms with van der Waals surface area (Å²) in [6, 6.07) is 0. The fraction of sp³-hybridized carbons (Fsp3) is 1.00. The molecule has 1 aliphatic carbocycles. The van der Waals surface area contributed by atoms with Gasteiger partial charge in [-0.15, -0.1) is 0 Å². The Bertz CT molecular complexity index is 280. The highest BCUT2D eigenvalue weighted by Gasteiger charge is 2.38. The molecular formula is C19H38N2. The molecule has 2 heteroatoms. The van der Waals surface area contributed by atoms with E-state index in [1.165, 1.54) is 90.5 Å². The molecule has 2 nitrogen and oxygen atoms in total. The van der Waals surface area contributed by atoms with E-state index in [1.807, 2.05) is 0 Å². The molecule has 0 aromatic heterocycles. The largest absolute Gasteiger partial charge is 0.316 e. The van der Waals surface area contributed by atoms with Crippen LogP contribution in [0.15, 0.2) is 0 Å². The van der Waals surface area contributed by atoms with Gasteiger partial charge in [-0.1, -0.05) is 46.5 Å². The van der Waals surface area contributed by atoms with Gasteiger partial charge in [0.05, 0.1) is 0 Å². The summed E-state index contributed by atoms with van der Waals surface area (Å²) in [6.45, 7) is 13.6. The number of likely N-dealkylation sites (tertiary alicyclic amines) is 1. The van der Waals surface area contributed by atoms with Crippen molar-refractivity contribution in [1.82, 2.24) is 10.2 Å². The Labute approximate surface area is 133 Å². The first-order valence-corrected chi connectivity index (χ1v) is 9.61. The second kappa shape index (κ2) is 7.97. The number of nitrogens with one attached hydrogen (secondary N) is 1. The van der Waals surface area contributed by atoms with Gasteiger partial charge in [-0.3, -0.25) is 0 Å². The van der Waals surface area contributed by atoms with Crippen molar-refractivity contribution >= 4 is 0 Å². The van der Waals surface area contributed by atoms with Gasteiger partial charge in [-0.25, -0.2) is 0 Å².